The molecule has 0 atom stereocenters. The predicted octanol–water partition coefficient (Wildman–Crippen LogP) is 4.54. The van der Waals surface area contributed by atoms with Crippen LogP contribution in [0.2, 0.25) is 0 Å². The molecule has 118 valence electrons. The summed E-state index contributed by atoms with van der Waals surface area (Å²) in [6.07, 6.45) is 2.58. The van der Waals surface area contributed by atoms with Crippen LogP contribution in [-0.4, -0.2) is 10.4 Å². The van der Waals surface area contributed by atoms with Crippen LogP contribution >= 0.6 is 11.3 Å². The van der Waals surface area contributed by atoms with Gasteiger partial charge in [0.25, 0.3) is 0 Å². The molecule has 2 heterocycles. The lowest BCUT2D eigenvalue weighted by Gasteiger charge is -2.02. The first-order valence-corrected chi connectivity index (χ1v) is 8.49. The number of nitrogens with zero attached hydrogens (tertiary/aromatic N) is 3. The first-order valence-electron chi connectivity index (χ1n) is 7.61. The molecule has 4 nitrogen and oxygen atoms in total. The number of rotatable bonds is 5. The van der Waals surface area contributed by atoms with Crippen LogP contribution < -0.4 is 4.80 Å². The molecule has 0 N–H and O–H groups in total. The Labute approximate surface area is 139 Å². The molecule has 3 aromatic rings. The van der Waals surface area contributed by atoms with Gasteiger partial charge in [0.15, 0.2) is 5.76 Å². The number of thiazole rings is 1. The molecule has 0 aliphatic heterocycles. The standard InChI is InChI=1S/C18H19N3OS/c1-3-14(2)20-21-16(17-10-7-11-22-17)13-23-18(21)19-12-15-8-5-4-6-9-15/h4-11,13H,3,12H2,1-2H3. The summed E-state index contributed by atoms with van der Waals surface area (Å²) in [4.78, 5) is 5.60. The van der Waals surface area contributed by atoms with E-state index in [2.05, 4.69) is 19.1 Å². The Kier molecular flexibility index (Phi) is 4.88. The first kappa shape index (κ1) is 15.5. The van der Waals surface area contributed by atoms with Gasteiger partial charge in [0.05, 0.1) is 12.8 Å². The monoisotopic (exact) mass is 325 g/mol. The summed E-state index contributed by atoms with van der Waals surface area (Å²) >= 11 is 1.58. The van der Waals surface area contributed by atoms with Crippen LogP contribution in [0.15, 0.2) is 68.6 Å². The van der Waals surface area contributed by atoms with Gasteiger partial charge in [0.1, 0.15) is 5.69 Å². The van der Waals surface area contributed by atoms with E-state index < -0.39 is 0 Å². The minimum absolute atomic E-state index is 0.639. The lowest BCUT2D eigenvalue weighted by atomic mass is 10.2. The van der Waals surface area contributed by atoms with Gasteiger partial charge in [-0.3, -0.25) is 4.99 Å². The predicted molar refractivity (Wildman–Crippen MR) is 94.5 cm³/mol. The van der Waals surface area contributed by atoms with Gasteiger partial charge in [-0.05, 0) is 31.0 Å². The summed E-state index contributed by atoms with van der Waals surface area (Å²) in [5.74, 6) is 0.801. The number of benzene rings is 1. The molecule has 0 radical (unpaired) electrons. The molecule has 0 amide bonds. The van der Waals surface area contributed by atoms with E-state index in [9.17, 15) is 0 Å². The van der Waals surface area contributed by atoms with Gasteiger partial charge < -0.3 is 4.42 Å². The Balaban J connectivity index is 2.03. The van der Waals surface area contributed by atoms with Crippen molar-refractivity contribution in [3.63, 3.8) is 0 Å². The van der Waals surface area contributed by atoms with Crippen molar-refractivity contribution in [3.05, 3.63) is 64.5 Å². The van der Waals surface area contributed by atoms with E-state index in [-0.39, 0.29) is 0 Å². The number of hydrogen-bond donors (Lipinski definition) is 0. The summed E-state index contributed by atoms with van der Waals surface area (Å²) in [7, 11) is 0. The van der Waals surface area contributed by atoms with E-state index in [4.69, 9.17) is 14.5 Å². The van der Waals surface area contributed by atoms with Crippen molar-refractivity contribution in [2.24, 2.45) is 10.1 Å². The molecule has 0 spiro atoms. The highest BCUT2D eigenvalue weighted by Crippen LogP contribution is 2.20. The maximum absolute atomic E-state index is 5.53. The summed E-state index contributed by atoms with van der Waals surface area (Å²) in [6, 6.07) is 14.1. The molecular weight excluding hydrogens is 306 g/mol. The van der Waals surface area contributed by atoms with Gasteiger partial charge in [0.2, 0.25) is 4.80 Å². The Morgan fingerprint density at radius 3 is 2.70 bits per heavy atom. The first-order chi connectivity index (χ1) is 11.3. The molecule has 0 unspecified atom stereocenters. The van der Waals surface area contributed by atoms with Crippen molar-refractivity contribution >= 4 is 17.0 Å². The second-order valence-corrected chi connectivity index (χ2v) is 6.02. The Hall–Kier alpha value is -2.40. The van der Waals surface area contributed by atoms with Gasteiger partial charge in [-0.1, -0.05) is 37.3 Å². The molecule has 2 aromatic heterocycles. The van der Waals surface area contributed by atoms with Crippen molar-refractivity contribution in [1.82, 2.24) is 4.68 Å². The molecule has 0 fully saturated rings. The molecule has 0 saturated carbocycles. The van der Waals surface area contributed by atoms with Crippen LogP contribution in [-0.2, 0) is 6.54 Å². The van der Waals surface area contributed by atoms with Crippen molar-refractivity contribution in [2.45, 2.75) is 26.8 Å². The second kappa shape index (κ2) is 7.24. The molecule has 3 rings (SSSR count). The quantitative estimate of drug-likeness (QED) is 0.635. The van der Waals surface area contributed by atoms with Crippen LogP contribution in [0.25, 0.3) is 11.5 Å². The third-order valence-corrected chi connectivity index (χ3v) is 4.34. The maximum Gasteiger partial charge on any atom is 0.206 e. The van der Waals surface area contributed by atoms with Crippen LogP contribution in [0, 0.1) is 0 Å². The Bertz CT molecular complexity index is 842. The Morgan fingerprint density at radius 2 is 2.00 bits per heavy atom. The zero-order valence-electron chi connectivity index (χ0n) is 13.3. The lowest BCUT2D eigenvalue weighted by molar-refractivity contribution is 0.575. The largest absolute Gasteiger partial charge is 0.463 e. The smallest absolute Gasteiger partial charge is 0.206 e. The van der Waals surface area contributed by atoms with Crippen LogP contribution in [0.1, 0.15) is 25.8 Å². The van der Waals surface area contributed by atoms with E-state index in [1.165, 1.54) is 5.56 Å². The topological polar surface area (TPSA) is 42.8 Å². The second-order valence-electron chi connectivity index (χ2n) is 5.18. The van der Waals surface area contributed by atoms with Crippen molar-refractivity contribution < 1.29 is 4.42 Å². The normalized spacial score (nSPS) is 12.8. The van der Waals surface area contributed by atoms with Crippen molar-refractivity contribution in [2.75, 3.05) is 0 Å². The minimum atomic E-state index is 0.639. The molecule has 5 heteroatoms. The van der Waals surface area contributed by atoms with E-state index in [0.29, 0.717) is 6.54 Å². The van der Waals surface area contributed by atoms with E-state index >= 15 is 0 Å². The molecular formula is C18H19N3OS. The highest BCUT2D eigenvalue weighted by molar-refractivity contribution is 7.07. The SMILES string of the molecule is CCC(C)=Nn1c(-c2ccco2)csc1=NCc1ccccc1. The van der Waals surface area contributed by atoms with Gasteiger partial charge in [-0.15, -0.1) is 11.3 Å². The fourth-order valence-corrected chi connectivity index (χ4v) is 2.89. The maximum atomic E-state index is 5.53. The van der Waals surface area contributed by atoms with Crippen molar-refractivity contribution in [1.29, 1.82) is 0 Å². The molecule has 0 aliphatic carbocycles. The average Bonchev–Trinajstić information content (AvgIpc) is 3.23. The molecule has 23 heavy (non-hydrogen) atoms. The van der Waals surface area contributed by atoms with Crippen LogP contribution in [0.5, 0.6) is 0 Å². The summed E-state index contributed by atoms with van der Waals surface area (Å²) in [6.45, 7) is 4.76. The fourth-order valence-electron chi connectivity index (χ4n) is 2.08. The number of aromatic nitrogens is 1. The van der Waals surface area contributed by atoms with E-state index in [1.54, 1.807) is 17.6 Å². The molecule has 0 aliphatic rings. The zero-order chi connectivity index (χ0) is 16.1. The lowest BCUT2D eigenvalue weighted by Crippen LogP contribution is -2.13. The molecule has 1 aromatic carbocycles. The van der Waals surface area contributed by atoms with Gasteiger partial charge in [-0.25, -0.2) is 4.68 Å². The van der Waals surface area contributed by atoms with Gasteiger partial charge in [-0.2, -0.15) is 5.10 Å². The molecule has 0 saturated heterocycles. The zero-order valence-corrected chi connectivity index (χ0v) is 14.1. The van der Waals surface area contributed by atoms with Crippen LogP contribution in [0.3, 0.4) is 0 Å². The van der Waals surface area contributed by atoms with E-state index in [1.807, 2.05) is 47.3 Å². The number of hydrogen-bond acceptors (Lipinski definition) is 4. The summed E-state index contributed by atoms with van der Waals surface area (Å²) < 4.78 is 7.41. The number of furan rings is 1. The highest BCUT2D eigenvalue weighted by atomic mass is 32.1. The van der Waals surface area contributed by atoms with Gasteiger partial charge >= 0.3 is 0 Å². The average molecular weight is 325 g/mol. The highest BCUT2D eigenvalue weighted by Gasteiger charge is 2.10. The van der Waals surface area contributed by atoms with Crippen LogP contribution in [0.4, 0.5) is 0 Å². The Morgan fingerprint density at radius 1 is 1.17 bits per heavy atom. The minimum Gasteiger partial charge on any atom is -0.463 e. The third-order valence-electron chi connectivity index (χ3n) is 3.48. The van der Waals surface area contributed by atoms with E-state index in [0.717, 1.165) is 28.4 Å². The summed E-state index contributed by atoms with van der Waals surface area (Å²) in [5, 5.41) is 6.73. The third kappa shape index (κ3) is 3.68. The van der Waals surface area contributed by atoms with Gasteiger partial charge in [0, 0.05) is 11.1 Å². The summed E-state index contributed by atoms with van der Waals surface area (Å²) in [5.41, 5.74) is 3.17. The fraction of sp³-hybridized carbons (Fsp3) is 0.222. The molecule has 0 bridgehead atoms. The van der Waals surface area contributed by atoms with Crippen molar-refractivity contribution in [3.8, 4) is 11.5 Å².